The summed E-state index contributed by atoms with van der Waals surface area (Å²) in [4.78, 5) is 35.4. The molecule has 1 aromatic carbocycles. The quantitative estimate of drug-likeness (QED) is 0.681. The highest BCUT2D eigenvalue weighted by molar-refractivity contribution is 7.11. The third-order valence-corrected chi connectivity index (χ3v) is 8.25. The smallest absolute Gasteiger partial charge is 0.246 e. The van der Waals surface area contributed by atoms with Crippen LogP contribution in [-0.4, -0.2) is 71.3 Å². The van der Waals surface area contributed by atoms with E-state index in [1.807, 2.05) is 35.6 Å². The molecule has 2 amide bonds. The van der Waals surface area contributed by atoms with E-state index in [4.69, 9.17) is 11.6 Å². The average molecular weight is 487 g/mol. The van der Waals surface area contributed by atoms with Crippen molar-refractivity contribution in [1.29, 1.82) is 0 Å². The first-order valence-corrected chi connectivity index (χ1v) is 13.1. The molecule has 3 aliphatic heterocycles. The summed E-state index contributed by atoms with van der Waals surface area (Å²) in [5, 5.41) is 3.63. The van der Waals surface area contributed by atoms with E-state index in [0.29, 0.717) is 24.5 Å². The zero-order chi connectivity index (χ0) is 22.8. The van der Waals surface area contributed by atoms with Gasteiger partial charge in [0.05, 0.1) is 0 Å². The Hall–Kier alpha value is -1.93. The maximum Gasteiger partial charge on any atom is 0.246 e. The molecule has 2 aromatic rings. The summed E-state index contributed by atoms with van der Waals surface area (Å²) in [7, 11) is 0. The molecule has 0 bridgehead atoms. The van der Waals surface area contributed by atoms with Crippen LogP contribution in [0.4, 0.5) is 0 Å². The first-order valence-electron chi connectivity index (χ1n) is 11.9. The van der Waals surface area contributed by atoms with Crippen LogP contribution < -0.4 is 5.32 Å². The van der Waals surface area contributed by atoms with Crippen molar-refractivity contribution in [2.75, 3.05) is 32.7 Å². The number of likely N-dealkylation sites (tertiary alicyclic amines) is 1. The van der Waals surface area contributed by atoms with Crippen molar-refractivity contribution in [3.05, 3.63) is 56.7 Å². The largest absolute Gasteiger partial charge is 0.342 e. The Balaban J connectivity index is 1.16. The number of thiophene rings is 1. The van der Waals surface area contributed by atoms with E-state index in [-0.39, 0.29) is 11.8 Å². The van der Waals surface area contributed by atoms with E-state index < -0.39 is 12.1 Å². The number of rotatable bonds is 6. The molecule has 0 spiro atoms. The first kappa shape index (κ1) is 22.8. The van der Waals surface area contributed by atoms with Gasteiger partial charge in [-0.05, 0) is 55.8 Å². The fourth-order valence-electron chi connectivity index (χ4n) is 5.15. The molecule has 3 fully saturated rings. The van der Waals surface area contributed by atoms with Crippen LogP contribution in [0, 0.1) is 0 Å². The molecule has 0 unspecified atom stereocenters. The molecule has 0 aliphatic carbocycles. The van der Waals surface area contributed by atoms with Crippen molar-refractivity contribution in [1.82, 2.24) is 20.0 Å². The van der Waals surface area contributed by atoms with Crippen molar-refractivity contribution in [3.63, 3.8) is 0 Å². The van der Waals surface area contributed by atoms with E-state index in [0.717, 1.165) is 25.2 Å². The summed E-state index contributed by atoms with van der Waals surface area (Å²) in [5.74, 6) is -0.0237. The van der Waals surface area contributed by atoms with Gasteiger partial charge in [-0.25, -0.2) is 0 Å². The number of nitrogens with zero attached hydrogens (tertiary/aromatic N) is 3. The topological polar surface area (TPSA) is 55.9 Å². The van der Waals surface area contributed by atoms with Gasteiger partial charge in [0.25, 0.3) is 0 Å². The van der Waals surface area contributed by atoms with Crippen LogP contribution in [0.1, 0.15) is 34.6 Å². The molecule has 1 N–H and O–H groups in total. The Morgan fingerprint density at radius 2 is 1.58 bits per heavy atom. The van der Waals surface area contributed by atoms with Gasteiger partial charge in [-0.1, -0.05) is 30.2 Å². The van der Waals surface area contributed by atoms with E-state index in [9.17, 15) is 9.59 Å². The molecule has 6 nitrogen and oxygen atoms in total. The lowest BCUT2D eigenvalue weighted by molar-refractivity contribution is -0.153. The molecule has 1 aromatic heterocycles. The fourth-order valence-corrected chi connectivity index (χ4v) is 6.38. The molecule has 4 heterocycles. The van der Waals surface area contributed by atoms with Gasteiger partial charge in [0, 0.05) is 53.9 Å². The van der Waals surface area contributed by atoms with E-state index in [1.165, 1.54) is 42.1 Å². The van der Waals surface area contributed by atoms with Crippen molar-refractivity contribution in [2.45, 2.75) is 50.9 Å². The summed E-state index contributed by atoms with van der Waals surface area (Å²) in [6.45, 7) is 6.28. The van der Waals surface area contributed by atoms with Crippen LogP contribution in [0.2, 0.25) is 5.02 Å². The van der Waals surface area contributed by atoms with Gasteiger partial charge < -0.3 is 10.2 Å². The minimum atomic E-state index is -0.504. The highest BCUT2D eigenvalue weighted by atomic mass is 35.5. The molecule has 33 heavy (non-hydrogen) atoms. The van der Waals surface area contributed by atoms with Crippen LogP contribution in [0.3, 0.4) is 0 Å². The normalized spacial score (nSPS) is 24.6. The Kier molecular flexibility index (Phi) is 7.02. The second-order valence-electron chi connectivity index (χ2n) is 9.38. The van der Waals surface area contributed by atoms with Crippen molar-refractivity contribution >= 4 is 34.8 Å². The van der Waals surface area contributed by atoms with Gasteiger partial charge >= 0.3 is 0 Å². The number of carbonyl (C=O) groups excluding carboxylic acids is 2. The average Bonchev–Trinajstić information content (AvgIpc) is 3.26. The van der Waals surface area contributed by atoms with Gasteiger partial charge in [-0.3, -0.25) is 19.4 Å². The summed E-state index contributed by atoms with van der Waals surface area (Å²) >= 11 is 7.84. The number of hydrogen-bond acceptors (Lipinski definition) is 5. The SMILES string of the molecule is O=C1N[C@@H](Cc2ccc(Cl)cc2)C(=O)N2CCN(Cc3ccc(CN4CCCCC4)s3)C[C@H]12. The Labute approximate surface area is 204 Å². The molecule has 5 rings (SSSR count). The van der Waals surface area contributed by atoms with Crippen molar-refractivity contribution in [2.24, 2.45) is 0 Å². The molecular weight excluding hydrogens is 456 g/mol. The molecule has 0 radical (unpaired) electrons. The molecule has 2 atom stereocenters. The molecule has 176 valence electrons. The fraction of sp³-hybridized carbons (Fsp3) is 0.520. The third kappa shape index (κ3) is 5.43. The monoisotopic (exact) mass is 486 g/mol. The predicted molar refractivity (Wildman–Crippen MR) is 131 cm³/mol. The first-order chi connectivity index (χ1) is 16.0. The Morgan fingerprint density at radius 3 is 2.30 bits per heavy atom. The lowest BCUT2D eigenvalue weighted by atomic mass is 9.98. The number of carbonyl (C=O) groups is 2. The number of amides is 2. The van der Waals surface area contributed by atoms with Gasteiger partial charge in [-0.15, -0.1) is 11.3 Å². The number of halogens is 1. The number of nitrogens with one attached hydrogen (secondary N) is 1. The Bertz CT molecular complexity index is 989. The van der Waals surface area contributed by atoms with Crippen LogP contribution in [0.15, 0.2) is 36.4 Å². The van der Waals surface area contributed by atoms with Gasteiger partial charge in [-0.2, -0.15) is 0 Å². The second kappa shape index (κ2) is 10.1. The third-order valence-electron chi connectivity index (χ3n) is 6.94. The maximum absolute atomic E-state index is 13.1. The highest BCUT2D eigenvalue weighted by Gasteiger charge is 2.43. The number of piperidine rings is 1. The van der Waals surface area contributed by atoms with E-state index in [2.05, 4.69) is 27.2 Å². The minimum absolute atomic E-state index is 0.0224. The summed E-state index contributed by atoms with van der Waals surface area (Å²) in [6, 6.07) is 11.0. The lowest BCUT2D eigenvalue weighted by Crippen LogP contribution is -2.69. The minimum Gasteiger partial charge on any atom is -0.342 e. The maximum atomic E-state index is 13.1. The van der Waals surface area contributed by atoms with Gasteiger partial charge in [0.15, 0.2) is 0 Å². The second-order valence-corrected chi connectivity index (χ2v) is 11.1. The predicted octanol–water partition coefficient (Wildman–Crippen LogP) is 3.14. The molecular formula is C25H31ClN4O2S. The number of fused-ring (bicyclic) bond motifs is 1. The number of benzene rings is 1. The summed E-state index contributed by atoms with van der Waals surface area (Å²) < 4.78 is 0. The summed E-state index contributed by atoms with van der Waals surface area (Å²) in [5.41, 5.74) is 0.994. The molecule has 3 saturated heterocycles. The van der Waals surface area contributed by atoms with Crippen molar-refractivity contribution in [3.8, 4) is 0 Å². The van der Waals surface area contributed by atoms with Gasteiger partial charge in [0.2, 0.25) is 11.8 Å². The van der Waals surface area contributed by atoms with Gasteiger partial charge in [0.1, 0.15) is 12.1 Å². The standard InChI is InChI=1S/C25H31ClN4O2S/c26-19-6-4-18(5-7-19)14-22-25(32)30-13-12-29(17-23(30)24(31)27-22)16-21-9-8-20(33-21)15-28-10-2-1-3-11-28/h4-9,22-23H,1-3,10-17H2,(H,27,31)/t22-,23+/m0/s1. The van der Waals surface area contributed by atoms with Crippen LogP contribution >= 0.6 is 22.9 Å². The number of hydrogen-bond donors (Lipinski definition) is 1. The van der Waals surface area contributed by atoms with E-state index in [1.54, 1.807) is 4.90 Å². The van der Waals surface area contributed by atoms with E-state index >= 15 is 0 Å². The molecule has 0 saturated carbocycles. The lowest BCUT2D eigenvalue weighted by Gasteiger charge is -2.45. The molecule has 3 aliphatic rings. The summed E-state index contributed by atoms with van der Waals surface area (Å²) in [6.07, 6.45) is 4.47. The Morgan fingerprint density at radius 1 is 0.879 bits per heavy atom. The zero-order valence-electron chi connectivity index (χ0n) is 18.8. The highest BCUT2D eigenvalue weighted by Crippen LogP contribution is 2.24. The molecule has 8 heteroatoms. The zero-order valence-corrected chi connectivity index (χ0v) is 20.4. The number of piperazine rings is 2. The van der Waals surface area contributed by atoms with Crippen LogP contribution in [0.25, 0.3) is 0 Å². The van der Waals surface area contributed by atoms with Crippen LogP contribution in [0.5, 0.6) is 0 Å². The van der Waals surface area contributed by atoms with Crippen LogP contribution in [-0.2, 0) is 29.1 Å². The van der Waals surface area contributed by atoms with Crippen molar-refractivity contribution < 1.29 is 9.59 Å².